The van der Waals surface area contributed by atoms with Gasteiger partial charge in [0.15, 0.2) is 0 Å². The van der Waals surface area contributed by atoms with E-state index in [1.54, 1.807) is 13.8 Å². The van der Waals surface area contributed by atoms with Gasteiger partial charge in [0, 0.05) is 5.57 Å². The predicted molar refractivity (Wildman–Crippen MR) is 43.0 cm³/mol. The monoisotopic (exact) mass is 159 g/mol. The molecule has 4 heteroatoms. The second kappa shape index (κ2) is 6.80. The Balaban J connectivity index is 0. The second-order valence-electron chi connectivity index (χ2n) is 2.13. The van der Waals surface area contributed by atoms with Gasteiger partial charge < -0.3 is 10.3 Å². The zero-order valence-electron chi connectivity index (χ0n) is 6.96. The van der Waals surface area contributed by atoms with E-state index < -0.39 is 5.97 Å². The number of rotatable bonds is 1. The lowest BCUT2D eigenvalue weighted by Crippen LogP contribution is -1.92. The molecule has 0 fully saturated rings. The SMILES string of the molecule is C=C(C)C(=O)O.CC(C)=NO. The van der Waals surface area contributed by atoms with Crippen molar-refractivity contribution in [2.75, 3.05) is 0 Å². The summed E-state index contributed by atoms with van der Waals surface area (Å²) in [6, 6.07) is 0. The average molecular weight is 159 g/mol. The predicted octanol–water partition coefficient (Wildman–Crippen LogP) is 1.50. The van der Waals surface area contributed by atoms with Gasteiger partial charge in [-0.25, -0.2) is 4.79 Å². The highest BCUT2D eigenvalue weighted by atomic mass is 16.4. The van der Waals surface area contributed by atoms with Crippen LogP contribution in [-0.2, 0) is 4.79 Å². The van der Waals surface area contributed by atoms with Crippen LogP contribution in [0.3, 0.4) is 0 Å². The van der Waals surface area contributed by atoms with Gasteiger partial charge in [0.2, 0.25) is 0 Å². The summed E-state index contributed by atoms with van der Waals surface area (Å²) in [6.45, 7) is 8.05. The molecule has 0 amide bonds. The Bertz CT molecular complexity index is 157. The van der Waals surface area contributed by atoms with E-state index in [1.165, 1.54) is 6.92 Å². The Morgan fingerprint density at radius 3 is 1.55 bits per heavy atom. The van der Waals surface area contributed by atoms with Crippen molar-refractivity contribution in [3.05, 3.63) is 12.2 Å². The summed E-state index contributed by atoms with van der Waals surface area (Å²) in [7, 11) is 0. The van der Waals surface area contributed by atoms with Crippen LogP contribution in [0.15, 0.2) is 17.3 Å². The molecule has 0 radical (unpaired) electrons. The summed E-state index contributed by atoms with van der Waals surface area (Å²) in [4.78, 5) is 9.60. The van der Waals surface area contributed by atoms with Gasteiger partial charge in [0.1, 0.15) is 0 Å². The Labute approximate surface area is 65.8 Å². The number of aliphatic carboxylic acids is 1. The lowest BCUT2D eigenvalue weighted by molar-refractivity contribution is -0.132. The van der Waals surface area contributed by atoms with Gasteiger partial charge in [-0.3, -0.25) is 0 Å². The Hall–Kier alpha value is -1.32. The summed E-state index contributed by atoms with van der Waals surface area (Å²) in [5, 5.41) is 18.4. The number of hydrogen-bond acceptors (Lipinski definition) is 3. The van der Waals surface area contributed by atoms with Crippen molar-refractivity contribution in [2.45, 2.75) is 20.8 Å². The summed E-state index contributed by atoms with van der Waals surface area (Å²) >= 11 is 0. The molecule has 0 saturated heterocycles. The molecule has 0 aromatic carbocycles. The summed E-state index contributed by atoms with van der Waals surface area (Å²) < 4.78 is 0. The van der Waals surface area contributed by atoms with Gasteiger partial charge >= 0.3 is 5.97 Å². The third kappa shape index (κ3) is 17.7. The van der Waals surface area contributed by atoms with Crippen LogP contribution in [0.1, 0.15) is 20.8 Å². The Morgan fingerprint density at radius 2 is 1.55 bits per heavy atom. The highest BCUT2D eigenvalue weighted by molar-refractivity contribution is 5.84. The van der Waals surface area contributed by atoms with Crippen LogP contribution in [0.25, 0.3) is 0 Å². The van der Waals surface area contributed by atoms with E-state index in [-0.39, 0.29) is 5.57 Å². The lowest BCUT2D eigenvalue weighted by atomic mass is 10.4. The van der Waals surface area contributed by atoms with Crippen LogP contribution < -0.4 is 0 Å². The smallest absolute Gasteiger partial charge is 0.330 e. The highest BCUT2D eigenvalue weighted by Crippen LogP contribution is 1.81. The Kier molecular flexibility index (Phi) is 7.64. The van der Waals surface area contributed by atoms with E-state index >= 15 is 0 Å². The van der Waals surface area contributed by atoms with Crippen molar-refractivity contribution in [1.82, 2.24) is 0 Å². The fraction of sp³-hybridized carbons (Fsp3) is 0.429. The van der Waals surface area contributed by atoms with Crippen molar-refractivity contribution in [3.63, 3.8) is 0 Å². The normalized spacial score (nSPS) is 7.18. The molecule has 0 atom stereocenters. The first-order valence-corrected chi connectivity index (χ1v) is 2.95. The average Bonchev–Trinajstić information content (AvgIpc) is 1.89. The first-order valence-electron chi connectivity index (χ1n) is 2.95. The molecule has 0 spiro atoms. The maximum Gasteiger partial charge on any atom is 0.330 e. The molecule has 0 bridgehead atoms. The highest BCUT2D eigenvalue weighted by Gasteiger charge is 1.90. The first-order chi connectivity index (χ1) is 4.91. The zero-order valence-corrected chi connectivity index (χ0v) is 6.96. The summed E-state index contributed by atoms with van der Waals surface area (Å²) in [6.07, 6.45) is 0. The van der Waals surface area contributed by atoms with Crippen LogP contribution in [-0.4, -0.2) is 22.0 Å². The Morgan fingerprint density at radius 1 is 1.36 bits per heavy atom. The molecule has 64 valence electrons. The molecule has 4 nitrogen and oxygen atoms in total. The minimum absolute atomic E-state index is 0.176. The molecule has 0 aliphatic heterocycles. The molecule has 0 aliphatic rings. The topological polar surface area (TPSA) is 69.9 Å². The first kappa shape index (κ1) is 12.4. The molecule has 0 rings (SSSR count). The zero-order chi connectivity index (χ0) is 9.44. The third-order valence-corrected chi connectivity index (χ3v) is 0.565. The number of carbonyl (C=O) groups is 1. The van der Waals surface area contributed by atoms with Gasteiger partial charge in [0.25, 0.3) is 0 Å². The number of hydrogen-bond donors (Lipinski definition) is 2. The number of oxime groups is 1. The van der Waals surface area contributed by atoms with E-state index in [0.717, 1.165) is 0 Å². The molecule has 2 N–H and O–H groups in total. The molecule has 11 heavy (non-hydrogen) atoms. The molecule has 0 unspecified atom stereocenters. The van der Waals surface area contributed by atoms with Crippen molar-refractivity contribution < 1.29 is 15.1 Å². The molecule has 0 aliphatic carbocycles. The van der Waals surface area contributed by atoms with E-state index in [4.69, 9.17) is 10.3 Å². The van der Waals surface area contributed by atoms with Crippen molar-refractivity contribution in [3.8, 4) is 0 Å². The summed E-state index contributed by atoms with van der Waals surface area (Å²) in [5.41, 5.74) is 0.861. The van der Waals surface area contributed by atoms with Crippen LogP contribution >= 0.6 is 0 Å². The van der Waals surface area contributed by atoms with Gasteiger partial charge in [-0.1, -0.05) is 11.7 Å². The molecular formula is C7H13NO3. The van der Waals surface area contributed by atoms with E-state index in [9.17, 15) is 4.79 Å². The van der Waals surface area contributed by atoms with Crippen molar-refractivity contribution >= 4 is 11.7 Å². The van der Waals surface area contributed by atoms with Crippen LogP contribution in [0.5, 0.6) is 0 Å². The van der Waals surface area contributed by atoms with Gasteiger partial charge in [0.05, 0.1) is 5.71 Å². The van der Waals surface area contributed by atoms with Gasteiger partial charge in [-0.15, -0.1) is 0 Å². The van der Waals surface area contributed by atoms with Crippen LogP contribution in [0.2, 0.25) is 0 Å². The van der Waals surface area contributed by atoms with E-state index in [0.29, 0.717) is 5.71 Å². The fourth-order valence-electron chi connectivity index (χ4n) is 0. The maximum atomic E-state index is 9.60. The van der Waals surface area contributed by atoms with Crippen molar-refractivity contribution in [2.24, 2.45) is 5.16 Å². The minimum Gasteiger partial charge on any atom is -0.478 e. The van der Waals surface area contributed by atoms with Crippen LogP contribution in [0.4, 0.5) is 0 Å². The van der Waals surface area contributed by atoms with Crippen molar-refractivity contribution in [1.29, 1.82) is 0 Å². The number of nitrogens with zero attached hydrogens (tertiary/aromatic N) is 1. The number of carboxylic acid groups (broad SMARTS) is 1. The molecule has 0 aromatic rings. The molecule has 0 saturated carbocycles. The molecule has 0 aromatic heterocycles. The molecule has 0 heterocycles. The van der Waals surface area contributed by atoms with Crippen LogP contribution in [0, 0.1) is 0 Å². The standard InChI is InChI=1S/C4H6O2.C3H7NO/c1-3(2)4(5)6;1-3(2)4-5/h1H2,2H3,(H,5,6);5H,1-2H3. The number of carboxylic acids is 1. The maximum absolute atomic E-state index is 9.60. The fourth-order valence-corrected chi connectivity index (χ4v) is 0. The minimum atomic E-state index is -0.935. The third-order valence-electron chi connectivity index (χ3n) is 0.565. The lowest BCUT2D eigenvalue weighted by Gasteiger charge is -1.79. The quantitative estimate of drug-likeness (QED) is 0.263. The second-order valence-corrected chi connectivity index (χ2v) is 2.13. The largest absolute Gasteiger partial charge is 0.478 e. The van der Waals surface area contributed by atoms with E-state index in [1.807, 2.05) is 0 Å². The van der Waals surface area contributed by atoms with Gasteiger partial charge in [-0.2, -0.15) is 0 Å². The van der Waals surface area contributed by atoms with E-state index in [2.05, 4.69) is 11.7 Å². The van der Waals surface area contributed by atoms with Gasteiger partial charge in [-0.05, 0) is 20.8 Å². The summed E-state index contributed by atoms with van der Waals surface area (Å²) in [5.74, 6) is -0.935. The molecular weight excluding hydrogens is 146 g/mol.